The second-order valence-electron chi connectivity index (χ2n) is 2.69. The Hall–Kier alpha value is -1.54. The highest BCUT2D eigenvalue weighted by molar-refractivity contribution is 9.10. The van der Waals surface area contributed by atoms with E-state index >= 15 is 0 Å². The maximum absolute atomic E-state index is 11.4. The van der Waals surface area contributed by atoms with Crippen LogP contribution in [0.25, 0.3) is 0 Å². The number of halogens is 1. The fourth-order valence-electron chi connectivity index (χ4n) is 1.03. The number of carbonyl (C=O) groups excluding carboxylic acids is 1. The summed E-state index contributed by atoms with van der Waals surface area (Å²) in [7, 11) is 1.55. The van der Waals surface area contributed by atoms with Gasteiger partial charge >= 0.3 is 0 Å². The van der Waals surface area contributed by atoms with Crippen molar-refractivity contribution in [1.29, 1.82) is 5.26 Å². The second-order valence-corrected chi connectivity index (χ2v) is 3.54. The van der Waals surface area contributed by atoms with Gasteiger partial charge in [0.2, 0.25) is 0 Å². The second kappa shape index (κ2) is 5.37. The summed E-state index contributed by atoms with van der Waals surface area (Å²) in [5, 5.41) is 10.8. The number of ether oxygens (including phenoxy) is 1. The summed E-state index contributed by atoms with van der Waals surface area (Å²) >= 11 is 3.27. The first-order valence-corrected chi connectivity index (χ1v) is 4.97. The average Bonchev–Trinajstić information content (AvgIpc) is 2.25. The molecule has 0 aromatic heterocycles. The number of amides is 1. The van der Waals surface area contributed by atoms with Crippen LogP contribution in [0.15, 0.2) is 22.7 Å². The molecule has 0 fully saturated rings. The van der Waals surface area contributed by atoms with Crippen molar-refractivity contribution in [2.75, 3.05) is 13.7 Å². The minimum atomic E-state index is -0.278. The molecule has 0 aliphatic carbocycles. The zero-order valence-electron chi connectivity index (χ0n) is 8.08. The molecule has 5 heteroatoms. The van der Waals surface area contributed by atoms with E-state index in [1.807, 2.05) is 6.07 Å². The summed E-state index contributed by atoms with van der Waals surface area (Å²) < 4.78 is 5.73. The van der Waals surface area contributed by atoms with Gasteiger partial charge in [-0.3, -0.25) is 4.79 Å². The maximum atomic E-state index is 11.4. The number of nitrogens with zero attached hydrogens (tertiary/aromatic N) is 1. The van der Waals surface area contributed by atoms with Crippen molar-refractivity contribution in [2.24, 2.45) is 0 Å². The normalized spacial score (nSPS) is 9.13. The summed E-state index contributed by atoms with van der Waals surface area (Å²) in [4.78, 5) is 11.4. The van der Waals surface area contributed by atoms with Gasteiger partial charge in [0.1, 0.15) is 12.3 Å². The molecule has 0 bridgehead atoms. The summed E-state index contributed by atoms with van der Waals surface area (Å²) in [5.41, 5.74) is 0.484. The van der Waals surface area contributed by atoms with Crippen LogP contribution in [0.5, 0.6) is 5.75 Å². The molecule has 0 atom stereocenters. The van der Waals surface area contributed by atoms with Crippen molar-refractivity contribution in [3.63, 3.8) is 0 Å². The monoisotopic (exact) mass is 268 g/mol. The molecule has 0 aliphatic rings. The summed E-state index contributed by atoms with van der Waals surface area (Å²) in [6.45, 7) is 0.00246. The molecule has 15 heavy (non-hydrogen) atoms. The third-order valence-corrected chi connectivity index (χ3v) is 2.36. The van der Waals surface area contributed by atoms with Crippen LogP contribution in [0.3, 0.4) is 0 Å². The van der Waals surface area contributed by atoms with Crippen LogP contribution in [0, 0.1) is 11.3 Å². The van der Waals surface area contributed by atoms with Gasteiger partial charge in [0.25, 0.3) is 5.91 Å². The molecule has 0 radical (unpaired) electrons. The van der Waals surface area contributed by atoms with Crippen LogP contribution in [0.4, 0.5) is 0 Å². The lowest BCUT2D eigenvalue weighted by molar-refractivity contribution is 0.0958. The molecule has 0 spiro atoms. The van der Waals surface area contributed by atoms with Gasteiger partial charge in [0.15, 0.2) is 0 Å². The van der Waals surface area contributed by atoms with Crippen molar-refractivity contribution >= 4 is 21.8 Å². The SMILES string of the molecule is COc1ccc(C(=O)NCC#N)cc1Br. The third kappa shape index (κ3) is 2.96. The van der Waals surface area contributed by atoms with E-state index in [2.05, 4.69) is 21.2 Å². The Labute approximate surface area is 96.0 Å². The van der Waals surface area contributed by atoms with E-state index in [-0.39, 0.29) is 12.5 Å². The van der Waals surface area contributed by atoms with Gasteiger partial charge in [0, 0.05) is 5.56 Å². The molecule has 4 nitrogen and oxygen atoms in total. The van der Waals surface area contributed by atoms with E-state index in [1.165, 1.54) is 0 Å². The van der Waals surface area contributed by atoms with Gasteiger partial charge in [0.05, 0.1) is 17.7 Å². The molecule has 78 valence electrons. The van der Waals surface area contributed by atoms with Crippen molar-refractivity contribution < 1.29 is 9.53 Å². The van der Waals surface area contributed by atoms with E-state index in [9.17, 15) is 4.79 Å². The number of carbonyl (C=O) groups is 1. The molecule has 0 saturated carbocycles. The van der Waals surface area contributed by atoms with Crippen molar-refractivity contribution in [1.82, 2.24) is 5.32 Å². The smallest absolute Gasteiger partial charge is 0.252 e. The number of methoxy groups -OCH3 is 1. The lowest BCUT2D eigenvalue weighted by Gasteiger charge is -2.05. The summed E-state index contributed by atoms with van der Waals surface area (Å²) in [6, 6.07) is 6.80. The molecule has 1 aromatic carbocycles. The Balaban J connectivity index is 2.84. The summed E-state index contributed by atoms with van der Waals surface area (Å²) in [5.74, 6) is 0.381. The lowest BCUT2D eigenvalue weighted by Crippen LogP contribution is -2.23. The first-order chi connectivity index (χ1) is 7.19. The van der Waals surface area contributed by atoms with E-state index in [0.29, 0.717) is 15.8 Å². The Morgan fingerprint density at radius 2 is 2.40 bits per heavy atom. The first-order valence-electron chi connectivity index (χ1n) is 4.17. The number of nitriles is 1. The predicted molar refractivity (Wildman–Crippen MR) is 58.6 cm³/mol. The minimum Gasteiger partial charge on any atom is -0.496 e. The molecule has 1 N–H and O–H groups in total. The van der Waals surface area contributed by atoms with Crippen molar-refractivity contribution in [2.45, 2.75) is 0 Å². The van der Waals surface area contributed by atoms with Crippen LogP contribution in [0.2, 0.25) is 0 Å². The van der Waals surface area contributed by atoms with Gasteiger partial charge in [-0.2, -0.15) is 5.26 Å². The van der Waals surface area contributed by atoms with Crippen LogP contribution in [-0.4, -0.2) is 19.6 Å². The van der Waals surface area contributed by atoms with E-state index in [1.54, 1.807) is 25.3 Å². The highest BCUT2D eigenvalue weighted by Crippen LogP contribution is 2.25. The predicted octanol–water partition coefficient (Wildman–Crippen LogP) is 1.71. The standard InChI is InChI=1S/C10H9BrN2O2/c1-15-9-3-2-7(6-8(9)11)10(14)13-5-4-12/h2-3,6H,5H2,1H3,(H,13,14). The molecule has 1 rings (SSSR count). The van der Waals surface area contributed by atoms with E-state index in [0.717, 1.165) is 0 Å². The minimum absolute atomic E-state index is 0.00246. The lowest BCUT2D eigenvalue weighted by atomic mass is 10.2. The third-order valence-electron chi connectivity index (χ3n) is 1.74. The molecule has 0 saturated heterocycles. The molecule has 0 aliphatic heterocycles. The molecule has 1 amide bonds. The zero-order chi connectivity index (χ0) is 11.3. The van der Waals surface area contributed by atoms with Gasteiger partial charge in [-0.25, -0.2) is 0 Å². The number of benzene rings is 1. The highest BCUT2D eigenvalue weighted by atomic mass is 79.9. The quantitative estimate of drug-likeness (QED) is 0.850. The van der Waals surface area contributed by atoms with Gasteiger partial charge in [-0.15, -0.1) is 0 Å². The number of nitrogens with one attached hydrogen (secondary N) is 1. The van der Waals surface area contributed by atoms with E-state index in [4.69, 9.17) is 10.00 Å². The molecular weight excluding hydrogens is 260 g/mol. The van der Waals surface area contributed by atoms with Crippen LogP contribution < -0.4 is 10.1 Å². The van der Waals surface area contributed by atoms with Gasteiger partial charge < -0.3 is 10.1 Å². The van der Waals surface area contributed by atoms with Gasteiger partial charge in [-0.05, 0) is 34.1 Å². The molecule has 1 aromatic rings. The Kier molecular flexibility index (Phi) is 4.13. The first kappa shape index (κ1) is 11.5. The number of hydrogen-bond donors (Lipinski definition) is 1. The fourth-order valence-corrected chi connectivity index (χ4v) is 1.57. The zero-order valence-corrected chi connectivity index (χ0v) is 9.67. The number of hydrogen-bond acceptors (Lipinski definition) is 3. The van der Waals surface area contributed by atoms with Crippen LogP contribution in [-0.2, 0) is 0 Å². The average molecular weight is 269 g/mol. The molecule has 0 unspecified atom stereocenters. The maximum Gasteiger partial charge on any atom is 0.252 e. The van der Waals surface area contributed by atoms with Gasteiger partial charge in [-0.1, -0.05) is 0 Å². The van der Waals surface area contributed by atoms with Crippen LogP contribution >= 0.6 is 15.9 Å². The molecular formula is C10H9BrN2O2. The Morgan fingerprint density at radius 1 is 1.67 bits per heavy atom. The highest BCUT2D eigenvalue weighted by Gasteiger charge is 2.07. The largest absolute Gasteiger partial charge is 0.496 e. The fraction of sp³-hybridized carbons (Fsp3) is 0.200. The Morgan fingerprint density at radius 3 is 2.93 bits per heavy atom. The van der Waals surface area contributed by atoms with Crippen molar-refractivity contribution in [3.8, 4) is 11.8 Å². The van der Waals surface area contributed by atoms with Crippen LogP contribution in [0.1, 0.15) is 10.4 Å². The van der Waals surface area contributed by atoms with Crippen molar-refractivity contribution in [3.05, 3.63) is 28.2 Å². The Bertz CT molecular complexity index is 412. The number of rotatable bonds is 3. The van der Waals surface area contributed by atoms with E-state index < -0.39 is 0 Å². The summed E-state index contributed by atoms with van der Waals surface area (Å²) in [6.07, 6.45) is 0. The topological polar surface area (TPSA) is 62.1 Å². The molecule has 0 heterocycles.